The van der Waals surface area contributed by atoms with E-state index >= 15 is 0 Å². The fraction of sp³-hybridized carbons (Fsp3) is 0.185. The van der Waals surface area contributed by atoms with Gasteiger partial charge in [-0.05, 0) is 48.9 Å². The predicted octanol–water partition coefficient (Wildman–Crippen LogP) is 5.21. The van der Waals surface area contributed by atoms with Crippen LogP contribution in [0.15, 0.2) is 88.6 Å². The number of halogens is 1. The Morgan fingerprint density at radius 1 is 0.786 bits per heavy atom. The van der Waals surface area contributed by atoms with Crippen LogP contribution in [0.2, 0.25) is 0 Å². The number of nitrogens with zero attached hydrogens (tertiary/aromatic N) is 6. The van der Waals surface area contributed by atoms with Gasteiger partial charge >= 0.3 is 0 Å². The van der Waals surface area contributed by atoms with Crippen molar-refractivity contribution in [1.82, 2.24) is 20.3 Å². The number of anilines is 5. The third-order valence-corrected chi connectivity index (χ3v) is 6.55. The summed E-state index contributed by atoms with van der Waals surface area (Å²) < 4.78 is 0. The van der Waals surface area contributed by atoms with E-state index in [0.29, 0.717) is 29.5 Å². The smallest absolute Gasteiger partial charge is 0.269 e. The second kappa shape index (κ2) is 12.9. The number of nitro benzene ring substituents is 2. The monoisotopic (exact) mass is 588 g/mol. The van der Waals surface area contributed by atoms with Gasteiger partial charge in [-0.2, -0.15) is 15.0 Å². The van der Waals surface area contributed by atoms with Crippen LogP contribution >= 0.6 is 11.6 Å². The molecule has 0 saturated heterocycles. The Balaban J connectivity index is 1.24. The van der Waals surface area contributed by atoms with Crippen molar-refractivity contribution in [2.75, 3.05) is 29.0 Å². The largest absolute Gasteiger partial charge is 0.388 e. The molecule has 0 amide bonds. The zero-order valence-electron chi connectivity index (χ0n) is 22.0. The van der Waals surface area contributed by atoms with Gasteiger partial charge in [0.1, 0.15) is 0 Å². The van der Waals surface area contributed by atoms with Gasteiger partial charge in [-0.1, -0.05) is 17.7 Å². The summed E-state index contributed by atoms with van der Waals surface area (Å²) in [5.41, 5.74) is 2.06. The average molecular weight is 589 g/mol. The number of hydrogen-bond donors (Lipinski definition) is 4. The molecular formula is C27H25ClN10O4. The number of hydrogen-bond acceptors (Lipinski definition) is 12. The van der Waals surface area contributed by atoms with E-state index in [0.717, 1.165) is 12.1 Å². The van der Waals surface area contributed by atoms with Crippen LogP contribution in [0.25, 0.3) is 0 Å². The minimum Gasteiger partial charge on any atom is -0.388 e. The molecular weight excluding hydrogens is 564 g/mol. The first-order valence-corrected chi connectivity index (χ1v) is 13.3. The number of nitro groups is 2. The van der Waals surface area contributed by atoms with Crippen molar-refractivity contribution in [3.63, 3.8) is 0 Å². The predicted molar refractivity (Wildman–Crippen MR) is 161 cm³/mol. The fourth-order valence-corrected chi connectivity index (χ4v) is 4.45. The first-order chi connectivity index (χ1) is 20.3. The van der Waals surface area contributed by atoms with Gasteiger partial charge < -0.3 is 21.3 Å². The van der Waals surface area contributed by atoms with Crippen LogP contribution in [0.1, 0.15) is 6.42 Å². The molecule has 0 radical (unpaired) electrons. The number of nitrogens with one attached hydrogen (secondary N) is 4. The lowest BCUT2D eigenvalue weighted by molar-refractivity contribution is -0.385. The first-order valence-electron chi connectivity index (χ1n) is 12.9. The standard InChI is InChI=1S/C27H25ClN10O4/c28-17-2-11-22-23(12-15-30-24(22)16-17)29-13-1-14-31-25-34-26(32-18-3-7-20(8-4-18)37(39)40)36-27(35-25)33-19-5-9-21(10-6-19)38(41)42/h2-12,15-16,22,24,29H,1,13-14H2,(H3,31,32,33,34,35,36). The number of non-ortho nitro benzene ring substituents is 2. The van der Waals surface area contributed by atoms with Crippen LogP contribution in [0.3, 0.4) is 0 Å². The van der Waals surface area contributed by atoms with Gasteiger partial charge in [-0.15, -0.1) is 0 Å². The number of benzene rings is 2. The summed E-state index contributed by atoms with van der Waals surface area (Å²) in [6.45, 7) is 1.23. The summed E-state index contributed by atoms with van der Waals surface area (Å²) in [6.07, 6.45) is 10.4. The molecule has 0 spiro atoms. The van der Waals surface area contributed by atoms with Crippen molar-refractivity contribution in [3.05, 3.63) is 104 Å². The van der Waals surface area contributed by atoms with E-state index in [1.807, 2.05) is 24.3 Å². The van der Waals surface area contributed by atoms with Gasteiger partial charge in [0.25, 0.3) is 11.4 Å². The Labute approximate surface area is 244 Å². The second-order valence-corrected chi connectivity index (χ2v) is 9.65. The number of allylic oxidation sites excluding steroid dienone is 3. The molecule has 214 valence electrons. The van der Waals surface area contributed by atoms with Crippen molar-refractivity contribution in [2.24, 2.45) is 10.9 Å². The van der Waals surface area contributed by atoms with E-state index in [2.05, 4.69) is 41.2 Å². The van der Waals surface area contributed by atoms with E-state index in [4.69, 9.17) is 11.6 Å². The van der Waals surface area contributed by atoms with Gasteiger partial charge in [0, 0.05) is 71.6 Å². The summed E-state index contributed by atoms with van der Waals surface area (Å²) in [5, 5.41) is 35.4. The topological polar surface area (TPSA) is 185 Å². The second-order valence-electron chi connectivity index (χ2n) is 9.22. The van der Waals surface area contributed by atoms with Crippen molar-refractivity contribution in [3.8, 4) is 0 Å². The van der Waals surface area contributed by atoms with Crippen LogP contribution in [-0.4, -0.2) is 50.1 Å². The summed E-state index contributed by atoms with van der Waals surface area (Å²) in [7, 11) is 0. The Bertz CT molecular complexity index is 1510. The van der Waals surface area contributed by atoms with Crippen LogP contribution < -0.4 is 21.3 Å². The van der Waals surface area contributed by atoms with Crippen LogP contribution in [0.5, 0.6) is 0 Å². The molecule has 5 rings (SSSR count). The zero-order valence-corrected chi connectivity index (χ0v) is 22.7. The van der Waals surface area contributed by atoms with Crippen LogP contribution in [0, 0.1) is 26.1 Å². The lowest BCUT2D eigenvalue weighted by Gasteiger charge is -2.27. The maximum absolute atomic E-state index is 11.0. The Hall–Kier alpha value is -5.37. The quantitative estimate of drug-likeness (QED) is 0.123. The third-order valence-electron chi connectivity index (χ3n) is 6.30. The Kier molecular flexibility index (Phi) is 8.63. The lowest BCUT2D eigenvalue weighted by Crippen LogP contribution is -2.31. The maximum Gasteiger partial charge on any atom is 0.269 e. The summed E-state index contributed by atoms with van der Waals surface area (Å²) in [5.74, 6) is 0.794. The van der Waals surface area contributed by atoms with E-state index in [1.165, 1.54) is 24.3 Å². The maximum atomic E-state index is 11.0. The van der Waals surface area contributed by atoms with E-state index in [-0.39, 0.29) is 41.2 Å². The fourth-order valence-electron chi connectivity index (χ4n) is 4.25. The minimum atomic E-state index is -0.481. The third kappa shape index (κ3) is 7.22. The Morgan fingerprint density at radius 3 is 1.90 bits per heavy atom. The molecule has 14 nitrogen and oxygen atoms in total. The number of rotatable bonds is 12. The van der Waals surface area contributed by atoms with Gasteiger partial charge in [0.2, 0.25) is 17.8 Å². The molecule has 2 unspecified atom stereocenters. The number of aliphatic imine (C=N–C) groups is 1. The SMILES string of the molecule is O=[N+]([O-])c1ccc(Nc2nc(NCCCNC3=CC=NC4C=C(Cl)C=CC34)nc(Nc3ccc([N+](=O)[O-])cc3)n2)cc1. The molecule has 1 aliphatic carbocycles. The van der Waals surface area contributed by atoms with Gasteiger partial charge in [-0.3, -0.25) is 25.2 Å². The van der Waals surface area contributed by atoms with Crippen molar-refractivity contribution in [1.29, 1.82) is 0 Å². The summed E-state index contributed by atoms with van der Waals surface area (Å²) >= 11 is 6.11. The molecule has 3 aromatic rings. The highest BCUT2D eigenvalue weighted by Gasteiger charge is 2.25. The number of dihydropyridines is 1. The number of fused-ring (bicyclic) bond motifs is 1. The van der Waals surface area contributed by atoms with E-state index in [1.54, 1.807) is 30.5 Å². The molecule has 2 aliphatic rings. The van der Waals surface area contributed by atoms with Crippen molar-refractivity contribution in [2.45, 2.75) is 12.5 Å². The van der Waals surface area contributed by atoms with Crippen LogP contribution in [-0.2, 0) is 0 Å². The molecule has 2 aromatic carbocycles. The Morgan fingerprint density at radius 2 is 1.33 bits per heavy atom. The summed E-state index contributed by atoms with van der Waals surface area (Å²) in [4.78, 5) is 38.7. The first kappa shape index (κ1) is 28.2. The zero-order chi connectivity index (χ0) is 29.5. The molecule has 0 fully saturated rings. The highest BCUT2D eigenvalue weighted by molar-refractivity contribution is 6.31. The molecule has 0 bridgehead atoms. The highest BCUT2D eigenvalue weighted by atomic mass is 35.5. The average Bonchev–Trinajstić information content (AvgIpc) is 2.97. The van der Waals surface area contributed by atoms with Crippen molar-refractivity contribution < 1.29 is 9.85 Å². The normalized spacial score (nSPS) is 17.0. The molecule has 42 heavy (non-hydrogen) atoms. The van der Waals surface area contributed by atoms with Gasteiger partial charge in [0.05, 0.1) is 15.9 Å². The molecule has 2 heterocycles. The molecule has 2 atom stereocenters. The molecule has 1 aliphatic heterocycles. The lowest BCUT2D eigenvalue weighted by atomic mass is 9.90. The van der Waals surface area contributed by atoms with Crippen LogP contribution in [0.4, 0.5) is 40.6 Å². The summed E-state index contributed by atoms with van der Waals surface area (Å²) in [6, 6.07) is 11.7. The minimum absolute atomic E-state index is 0.0123. The molecule has 1 aromatic heterocycles. The van der Waals surface area contributed by atoms with Crippen molar-refractivity contribution >= 4 is 58.4 Å². The molecule has 0 saturated carbocycles. The molecule has 4 N–H and O–H groups in total. The molecule has 15 heteroatoms. The number of aromatic nitrogens is 3. The van der Waals surface area contributed by atoms with E-state index < -0.39 is 9.85 Å². The van der Waals surface area contributed by atoms with Gasteiger partial charge in [-0.25, -0.2) is 0 Å². The van der Waals surface area contributed by atoms with E-state index in [9.17, 15) is 20.2 Å². The highest BCUT2D eigenvalue weighted by Crippen LogP contribution is 2.28. The van der Waals surface area contributed by atoms with Gasteiger partial charge in [0.15, 0.2) is 0 Å².